The number of hydrogen-bond donors (Lipinski definition) is 3. The Balaban J connectivity index is 0.988. The molecule has 2 fully saturated rings. The van der Waals surface area contributed by atoms with Gasteiger partial charge in [-0.15, -0.1) is 0 Å². The number of carbonyl (C=O) groups is 3. The molecule has 0 radical (unpaired) electrons. The summed E-state index contributed by atoms with van der Waals surface area (Å²) in [4.78, 5) is 58.8. The lowest BCUT2D eigenvalue weighted by Crippen LogP contribution is -2.50. The van der Waals surface area contributed by atoms with Crippen LogP contribution >= 0.6 is 0 Å². The number of aromatic nitrogens is 4. The van der Waals surface area contributed by atoms with Crippen molar-refractivity contribution in [2.75, 3.05) is 40.0 Å². The van der Waals surface area contributed by atoms with Crippen LogP contribution in [0.4, 0.5) is 9.59 Å². The van der Waals surface area contributed by atoms with Gasteiger partial charge in [0.15, 0.2) is 0 Å². The van der Waals surface area contributed by atoms with Gasteiger partial charge in [-0.05, 0) is 60.6 Å². The minimum atomic E-state index is -0.902. The van der Waals surface area contributed by atoms with Gasteiger partial charge < -0.3 is 39.1 Å². The molecule has 3 aliphatic rings. The summed E-state index contributed by atoms with van der Waals surface area (Å²) in [6, 6.07) is 22.6. The summed E-state index contributed by atoms with van der Waals surface area (Å²) in [5, 5.41) is 2.62. The summed E-state index contributed by atoms with van der Waals surface area (Å²) >= 11 is 0. The van der Waals surface area contributed by atoms with Crippen molar-refractivity contribution in [3.8, 4) is 39.4 Å². The third-order valence-electron chi connectivity index (χ3n) is 10.6. The van der Waals surface area contributed by atoms with Crippen LogP contribution in [0, 0.1) is 0 Å². The van der Waals surface area contributed by atoms with E-state index in [0.717, 1.165) is 65.0 Å². The number of imidazole rings is 2. The molecule has 5 heterocycles. The average Bonchev–Trinajstić information content (AvgIpc) is 4.09. The fourth-order valence-electron chi connectivity index (χ4n) is 7.66. The molecular weight excluding hydrogens is 727 g/mol. The van der Waals surface area contributed by atoms with Gasteiger partial charge in [-0.1, -0.05) is 66.7 Å². The maximum Gasteiger partial charge on any atom is 0.410 e. The Hall–Kier alpha value is -6.41. The van der Waals surface area contributed by atoms with Gasteiger partial charge in [0.1, 0.15) is 36.7 Å². The van der Waals surface area contributed by atoms with Gasteiger partial charge in [-0.3, -0.25) is 9.69 Å². The predicted molar refractivity (Wildman–Crippen MR) is 211 cm³/mol. The zero-order valence-corrected chi connectivity index (χ0v) is 31.7. The van der Waals surface area contributed by atoms with E-state index in [0.29, 0.717) is 30.4 Å². The summed E-state index contributed by atoms with van der Waals surface area (Å²) in [6.07, 6.45) is 9.58. The lowest BCUT2D eigenvalue weighted by atomic mass is 10.00. The summed E-state index contributed by atoms with van der Waals surface area (Å²) < 4.78 is 22.5. The Morgan fingerprint density at radius 2 is 1.54 bits per heavy atom. The number of ether oxygens (including phenoxy) is 4. The lowest BCUT2D eigenvalue weighted by Gasteiger charge is -2.28. The number of aromatic amines is 2. The number of H-pyrrole nitrogens is 2. The monoisotopic (exact) mass is 771 g/mol. The van der Waals surface area contributed by atoms with E-state index in [2.05, 4.69) is 27.4 Å². The first kappa shape index (κ1) is 37.5. The Morgan fingerprint density at radius 3 is 2.37 bits per heavy atom. The highest BCUT2D eigenvalue weighted by Gasteiger charge is 2.37. The maximum absolute atomic E-state index is 13.7. The fraction of sp³-hybridized carbons (Fsp3) is 0.326. The van der Waals surface area contributed by atoms with Gasteiger partial charge in [-0.25, -0.2) is 19.6 Å². The van der Waals surface area contributed by atoms with Gasteiger partial charge in [0, 0.05) is 36.6 Å². The SMILES string of the molecule is COC(=O)NC1COC/C=C\COc2cc(-c3ccc(-c4c[nH]c(C5CCCN5C(=O)OCc5ccccc5)n4)cc3)ccc2-c2c[nH]c(n2)C2CCCN2C1=O. The van der Waals surface area contributed by atoms with Crippen molar-refractivity contribution >= 4 is 18.1 Å². The van der Waals surface area contributed by atoms with Gasteiger partial charge in [-0.2, -0.15) is 0 Å². The van der Waals surface area contributed by atoms with E-state index >= 15 is 0 Å². The van der Waals surface area contributed by atoms with Gasteiger partial charge in [0.2, 0.25) is 5.91 Å². The molecule has 5 aromatic rings. The molecule has 57 heavy (non-hydrogen) atoms. The summed E-state index contributed by atoms with van der Waals surface area (Å²) in [5.74, 6) is 1.82. The summed E-state index contributed by atoms with van der Waals surface area (Å²) in [5.41, 5.74) is 6.16. The van der Waals surface area contributed by atoms with E-state index in [1.165, 1.54) is 7.11 Å². The minimum Gasteiger partial charge on any atom is -0.489 e. The van der Waals surface area contributed by atoms with Crippen LogP contribution in [0.1, 0.15) is 55.0 Å². The molecule has 14 heteroatoms. The zero-order chi connectivity index (χ0) is 39.1. The van der Waals surface area contributed by atoms with Crippen LogP contribution in [0.3, 0.4) is 0 Å². The number of benzene rings is 3. The average molecular weight is 772 g/mol. The van der Waals surface area contributed by atoms with Crippen molar-refractivity contribution < 1.29 is 33.3 Å². The van der Waals surface area contributed by atoms with Crippen molar-refractivity contribution in [1.29, 1.82) is 0 Å². The molecule has 3 aromatic carbocycles. The Kier molecular flexibility index (Phi) is 11.3. The van der Waals surface area contributed by atoms with Gasteiger partial charge >= 0.3 is 12.2 Å². The molecule has 2 aromatic heterocycles. The van der Waals surface area contributed by atoms with Crippen molar-refractivity contribution in [2.45, 2.75) is 50.4 Å². The second-order valence-corrected chi connectivity index (χ2v) is 14.2. The second-order valence-electron chi connectivity index (χ2n) is 14.2. The smallest absolute Gasteiger partial charge is 0.410 e. The molecule has 0 saturated carbocycles. The number of carbonyl (C=O) groups excluding carboxylic acids is 3. The molecule has 3 atom stereocenters. The molecule has 294 valence electrons. The molecule has 8 rings (SSSR count). The third-order valence-corrected chi connectivity index (χ3v) is 10.6. The highest BCUT2D eigenvalue weighted by Crippen LogP contribution is 2.38. The molecule has 3 amide bonds. The Morgan fingerprint density at radius 1 is 0.842 bits per heavy atom. The van der Waals surface area contributed by atoms with E-state index < -0.39 is 12.1 Å². The van der Waals surface area contributed by atoms with Crippen molar-refractivity contribution in [1.82, 2.24) is 35.1 Å². The van der Waals surface area contributed by atoms with E-state index in [-0.39, 0.29) is 50.5 Å². The van der Waals surface area contributed by atoms with Crippen LogP contribution in [0.2, 0.25) is 0 Å². The third kappa shape index (κ3) is 8.41. The van der Waals surface area contributed by atoms with Crippen LogP contribution in [0.25, 0.3) is 33.6 Å². The molecule has 3 N–H and O–H groups in total. The minimum absolute atomic E-state index is 0.0107. The topological polar surface area (TPSA) is 164 Å². The number of hydrogen-bond acceptors (Lipinski definition) is 9. The number of methoxy groups -OCH3 is 1. The largest absolute Gasteiger partial charge is 0.489 e. The van der Waals surface area contributed by atoms with Crippen LogP contribution < -0.4 is 10.1 Å². The molecule has 2 bridgehead atoms. The number of amides is 3. The summed E-state index contributed by atoms with van der Waals surface area (Å²) in [6.45, 7) is 1.89. The first-order chi connectivity index (χ1) is 27.9. The number of nitrogens with zero attached hydrogens (tertiary/aromatic N) is 4. The number of likely N-dealkylation sites (tertiary alicyclic amines) is 1. The molecule has 0 spiro atoms. The Labute approximate surface area is 330 Å². The van der Waals surface area contributed by atoms with E-state index in [9.17, 15) is 14.4 Å². The Bertz CT molecular complexity index is 2220. The fourth-order valence-corrected chi connectivity index (χ4v) is 7.66. The van der Waals surface area contributed by atoms with Crippen LogP contribution in [-0.4, -0.2) is 93.9 Å². The van der Waals surface area contributed by atoms with Gasteiger partial charge in [0.25, 0.3) is 0 Å². The van der Waals surface area contributed by atoms with E-state index in [1.54, 1.807) is 9.80 Å². The van der Waals surface area contributed by atoms with Crippen LogP contribution in [0.5, 0.6) is 5.75 Å². The summed E-state index contributed by atoms with van der Waals surface area (Å²) in [7, 11) is 1.26. The molecule has 2 saturated heterocycles. The van der Waals surface area contributed by atoms with Gasteiger partial charge in [0.05, 0.1) is 43.8 Å². The number of rotatable bonds is 6. The van der Waals surface area contributed by atoms with Crippen molar-refractivity contribution in [3.05, 3.63) is 115 Å². The molecule has 3 aliphatic heterocycles. The van der Waals surface area contributed by atoms with Crippen LogP contribution in [-0.2, 0) is 25.6 Å². The number of fused-ring (bicyclic) bond motifs is 6. The maximum atomic E-state index is 13.7. The number of nitrogens with one attached hydrogen (secondary N) is 3. The first-order valence-corrected chi connectivity index (χ1v) is 19.3. The second kappa shape index (κ2) is 17.2. The zero-order valence-electron chi connectivity index (χ0n) is 31.7. The van der Waals surface area contributed by atoms with E-state index in [1.807, 2.05) is 85.2 Å². The lowest BCUT2D eigenvalue weighted by molar-refractivity contribution is -0.135. The molecule has 0 aliphatic carbocycles. The molecule has 14 nitrogen and oxygen atoms in total. The predicted octanol–water partition coefficient (Wildman–Crippen LogP) is 6.96. The normalized spacial score (nSPS) is 20.3. The highest BCUT2D eigenvalue weighted by atomic mass is 16.6. The molecule has 3 unspecified atom stereocenters. The standard InChI is InChI=1S/C43H45N7O7/c1-54-42(52)48-35-27-55-21-5-6-22-56-38-23-31(17-18-32(38)34-25-45-39(47-34)36-11-7-19-49(36)41(35)51)29-13-15-30(16-14-29)33-24-44-40(46-33)37-12-8-20-50(37)43(53)57-26-28-9-3-2-4-10-28/h2-6,9-10,13-18,23-25,35-37H,7-8,11-12,19-22,26-27H2,1H3,(H,44,46)(H,45,47)(H,48,52)/b6-5-. The van der Waals surface area contributed by atoms with E-state index in [4.69, 9.17) is 28.9 Å². The highest BCUT2D eigenvalue weighted by molar-refractivity contribution is 5.86. The quantitative estimate of drug-likeness (QED) is 0.155. The van der Waals surface area contributed by atoms with Crippen molar-refractivity contribution in [2.24, 2.45) is 0 Å². The first-order valence-electron chi connectivity index (χ1n) is 19.3. The number of alkyl carbamates (subject to hydrolysis) is 1. The van der Waals surface area contributed by atoms with Crippen LogP contribution in [0.15, 0.2) is 97.3 Å². The van der Waals surface area contributed by atoms with Crippen molar-refractivity contribution in [3.63, 3.8) is 0 Å². The molecular formula is C43H45N7O7.